The third-order valence-corrected chi connectivity index (χ3v) is 3.93. The summed E-state index contributed by atoms with van der Waals surface area (Å²) < 4.78 is 0. The third kappa shape index (κ3) is 3.03. The predicted octanol–water partition coefficient (Wildman–Crippen LogP) is 1.65. The first kappa shape index (κ1) is 13.2. The second-order valence-corrected chi connectivity index (χ2v) is 5.31. The number of aliphatic hydroxyl groups is 1. The van der Waals surface area contributed by atoms with Crippen molar-refractivity contribution in [1.82, 2.24) is 14.9 Å². The largest absolute Gasteiger partial charge is 0.391 e. The van der Waals surface area contributed by atoms with E-state index in [1.807, 2.05) is 36.8 Å². The average molecular weight is 269 g/mol. The van der Waals surface area contributed by atoms with Crippen molar-refractivity contribution in [1.29, 1.82) is 0 Å². The van der Waals surface area contributed by atoms with Crippen molar-refractivity contribution in [2.75, 3.05) is 6.54 Å². The SMILES string of the molecule is O[C@H]1CCN(Cc2ccncc2)[C@H]1Cc1cccnc1. The molecular formula is C16H19N3O. The minimum Gasteiger partial charge on any atom is -0.391 e. The molecule has 1 aliphatic heterocycles. The smallest absolute Gasteiger partial charge is 0.0710 e. The van der Waals surface area contributed by atoms with Gasteiger partial charge in [0.25, 0.3) is 0 Å². The van der Waals surface area contributed by atoms with Crippen molar-refractivity contribution in [3.8, 4) is 0 Å². The zero-order valence-electron chi connectivity index (χ0n) is 11.4. The summed E-state index contributed by atoms with van der Waals surface area (Å²) in [5.74, 6) is 0. The minimum absolute atomic E-state index is 0.173. The molecular weight excluding hydrogens is 250 g/mol. The molecule has 0 radical (unpaired) electrons. The van der Waals surface area contributed by atoms with Gasteiger partial charge in [0.15, 0.2) is 0 Å². The molecule has 20 heavy (non-hydrogen) atoms. The van der Waals surface area contributed by atoms with Crippen molar-refractivity contribution in [3.05, 3.63) is 60.2 Å². The van der Waals surface area contributed by atoms with Crippen LogP contribution in [0.2, 0.25) is 0 Å². The fraction of sp³-hybridized carbons (Fsp3) is 0.375. The normalized spacial score (nSPS) is 23.1. The van der Waals surface area contributed by atoms with Gasteiger partial charge in [-0.05, 0) is 42.2 Å². The summed E-state index contributed by atoms with van der Waals surface area (Å²) in [7, 11) is 0. The van der Waals surface area contributed by atoms with E-state index in [4.69, 9.17) is 0 Å². The van der Waals surface area contributed by atoms with Gasteiger partial charge < -0.3 is 5.11 Å². The van der Waals surface area contributed by atoms with Crippen LogP contribution < -0.4 is 0 Å². The Bertz CT molecular complexity index is 532. The molecule has 4 heteroatoms. The van der Waals surface area contributed by atoms with Gasteiger partial charge in [0.2, 0.25) is 0 Å². The Morgan fingerprint density at radius 3 is 2.70 bits per heavy atom. The van der Waals surface area contributed by atoms with Crippen LogP contribution in [0.5, 0.6) is 0 Å². The van der Waals surface area contributed by atoms with Crippen LogP contribution in [0.1, 0.15) is 17.5 Å². The zero-order chi connectivity index (χ0) is 13.8. The number of hydrogen-bond acceptors (Lipinski definition) is 4. The Balaban J connectivity index is 1.70. The summed E-state index contributed by atoms with van der Waals surface area (Å²) >= 11 is 0. The van der Waals surface area contributed by atoms with Gasteiger partial charge in [0.05, 0.1) is 6.10 Å². The topological polar surface area (TPSA) is 49.2 Å². The van der Waals surface area contributed by atoms with E-state index >= 15 is 0 Å². The molecule has 1 saturated heterocycles. The predicted molar refractivity (Wildman–Crippen MR) is 77.0 cm³/mol. The van der Waals surface area contributed by atoms with Crippen molar-refractivity contribution in [2.45, 2.75) is 31.5 Å². The molecule has 1 fully saturated rings. The number of aromatic nitrogens is 2. The maximum atomic E-state index is 10.2. The number of rotatable bonds is 4. The fourth-order valence-electron chi connectivity index (χ4n) is 2.84. The van der Waals surface area contributed by atoms with E-state index in [2.05, 4.69) is 20.9 Å². The standard InChI is InChI=1S/C16H19N3O/c20-16-5-9-19(12-13-3-7-17-8-4-13)15(16)10-14-2-1-6-18-11-14/h1-4,6-8,11,15-16,20H,5,9-10,12H2/t15-,16-/m0/s1. The van der Waals surface area contributed by atoms with E-state index in [-0.39, 0.29) is 12.1 Å². The molecule has 3 heterocycles. The third-order valence-electron chi connectivity index (χ3n) is 3.93. The second-order valence-electron chi connectivity index (χ2n) is 5.31. The summed E-state index contributed by atoms with van der Waals surface area (Å²) in [6.45, 7) is 1.80. The Hall–Kier alpha value is -1.78. The Kier molecular flexibility index (Phi) is 4.04. The first-order chi connectivity index (χ1) is 9.83. The highest BCUT2D eigenvalue weighted by Crippen LogP contribution is 2.23. The van der Waals surface area contributed by atoms with Crippen LogP contribution in [0.25, 0.3) is 0 Å². The molecule has 2 atom stereocenters. The molecule has 4 nitrogen and oxygen atoms in total. The van der Waals surface area contributed by atoms with Gasteiger partial charge in [-0.3, -0.25) is 14.9 Å². The summed E-state index contributed by atoms with van der Waals surface area (Å²) in [5, 5.41) is 10.2. The van der Waals surface area contributed by atoms with Crippen molar-refractivity contribution >= 4 is 0 Å². The highest BCUT2D eigenvalue weighted by atomic mass is 16.3. The van der Waals surface area contributed by atoms with Gasteiger partial charge in [-0.25, -0.2) is 0 Å². The van der Waals surface area contributed by atoms with E-state index in [0.717, 1.165) is 25.9 Å². The van der Waals surface area contributed by atoms with Crippen molar-refractivity contribution in [3.63, 3.8) is 0 Å². The lowest BCUT2D eigenvalue weighted by atomic mass is 10.0. The molecule has 0 amide bonds. The van der Waals surface area contributed by atoms with Crippen LogP contribution in [-0.4, -0.2) is 38.7 Å². The van der Waals surface area contributed by atoms with Crippen LogP contribution in [0.3, 0.4) is 0 Å². The summed E-state index contributed by atoms with van der Waals surface area (Å²) in [5.41, 5.74) is 2.42. The lowest BCUT2D eigenvalue weighted by Gasteiger charge is -2.26. The Morgan fingerprint density at radius 2 is 1.95 bits per heavy atom. The van der Waals surface area contributed by atoms with Crippen LogP contribution in [0, 0.1) is 0 Å². The molecule has 0 bridgehead atoms. The molecule has 2 aromatic rings. The molecule has 104 valence electrons. The van der Waals surface area contributed by atoms with Gasteiger partial charge in [0.1, 0.15) is 0 Å². The lowest BCUT2D eigenvalue weighted by Crippen LogP contribution is -2.36. The number of nitrogens with zero attached hydrogens (tertiary/aromatic N) is 3. The minimum atomic E-state index is -0.253. The molecule has 0 unspecified atom stereocenters. The summed E-state index contributed by atoms with van der Waals surface area (Å²) in [6.07, 6.45) is 8.74. The number of likely N-dealkylation sites (tertiary alicyclic amines) is 1. The van der Waals surface area contributed by atoms with Gasteiger partial charge in [-0.2, -0.15) is 0 Å². The maximum Gasteiger partial charge on any atom is 0.0710 e. The van der Waals surface area contributed by atoms with Crippen molar-refractivity contribution < 1.29 is 5.11 Å². The van der Waals surface area contributed by atoms with Crippen LogP contribution in [-0.2, 0) is 13.0 Å². The van der Waals surface area contributed by atoms with Crippen LogP contribution in [0.4, 0.5) is 0 Å². The quantitative estimate of drug-likeness (QED) is 0.917. The lowest BCUT2D eigenvalue weighted by molar-refractivity contribution is 0.112. The van der Waals surface area contributed by atoms with Crippen molar-refractivity contribution in [2.24, 2.45) is 0 Å². The Morgan fingerprint density at radius 1 is 1.10 bits per heavy atom. The Labute approximate surface area is 119 Å². The monoisotopic (exact) mass is 269 g/mol. The molecule has 0 saturated carbocycles. The molecule has 1 aliphatic rings. The molecule has 1 N–H and O–H groups in total. The summed E-state index contributed by atoms with van der Waals surface area (Å²) in [4.78, 5) is 10.6. The maximum absolute atomic E-state index is 10.2. The second kappa shape index (κ2) is 6.11. The van der Waals surface area contributed by atoms with Gasteiger partial charge in [-0.15, -0.1) is 0 Å². The number of pyridine rings is 2. The highest BCUT2D eigenvalue weighted by Gasteiger charge is 2.32. The van der Waals surface area contributed by atoms with Crippen LogP contribution >= 0.6 is 0 Å². The van der Waals surface area contributed by atoms with Gasteiger partial charge in [0, 0.05) is 43.9 Å². The van der Waals surface area contributed by atoms with Gasteiger partial charge in [-0.1, -0.05) is 6.07 Å². The molecule has 2 aromatic heterocycles. The highest BCUT2D eigenvalue weighted by molar-refractivity contribution is 5.14. The van der Waals surface area contributed by atoms with E-state index in [9.17, 15) is 5.11 Å². The number of aliphatic hydroxyl groups excluding tert-OH is 1. The molecule has 0 aromatic carbocycles. The van der Waals surface area contributed by atoms with E-state index in [1.165, 1.54) is 11.1 Å². The zero-order valence-corrected chi connectivity index (χ0v) is 11.4. The first-order valence-corrected chi connectivity index (χ1v) is 7.03. The average Bonchev–Trinajstić information content (AvgIpc) is 2.83. The summed E-state index contributed by atoms with van der Waals surface area (Å²) in [6, 6.07) is 8.26. The molecule has 3 rings (SSSR count). The van der Waals surface area contributed by atoms with E-state index < -0.39 is 0 Å². The van der Waals surface area contributed by atoms with Crippen LogP contribution in [0.15, 0.2) is 49.1 Å². The molecule has 0 spiro atoms. The first-order valence-electron chi connectivity index (χ1n) is 7.03. The van der Waals surface area contributed by atoms with E-state index in [1.54, 1.807) is 6.20 Å². The number of hydrogen-bond donors (Lipinski definition) is 1. The molecule has 0 aliphatic carbocycles. The van der Waals surface area contributed by atoms with Gasteiger partial charge >= 0.3 is 0 Å². The van der Waals surface area contributed by atoms with E-state index in [0.29, 0.717) is 0 Å². The fourth-order valence-corrected chi connectivity index (χ4v) is 2.84.